The van der Waals surface area contributed by atoms with Crippen molar-refractivity contribution in [2.75, 3.05) is 19.6 Å². The lowest BCUT2D eigenvalue weighted by molar-refractivity contribution is -0.125. The molecule has 2 aromatic rings. The Kier molecular flexibility index (Phi) is 6.38. The molecule has 1 aliphatic heterocycles. The van der Waals surface area contributed by atoms with Crippen LogP contribution in [-0.2, 0) is 10.3 Å². The first-order chi connectivity index (χ1) is 13.5. The molecule has 0 aliphatic carbocycles. The smallest absolute Gasteiger partial charge is 0.254 e. The Morgan fingerprint density at radius 2 is 1.86 bits per heavy atom. The zero-order chi connectivity index (χ0) is 20.0. The Labute approximate surface area is 163 Å². The summed E-state index contributed by atoms with van der Waals surface area (Å²) in [5, 5.41) is 19.3. The second-order valence-electron chi connectivity index (χ2n) is 6.84. The van der Waals surface area contributed by atoms with Crippen molar-refractivity contribution >= 4 is 11.8 Å². The maximum atomic E-state index is 13.6. The van der Waals surface area contributed by atoms with Crippen LogP contribution in [0.25, 0.3) is 0 Å². The van der Waals surface area contributed by atoms with E-state index in [2.05, 4.69) is 16.0 Å². The summed E-state index contributed by atoms with van der Waals surface area (Å²) < 4.78 is 13.6. The summed E-state index contributed by atoms with van der Waals surface area (Å²) in [5.41, 5.74) is -0.0933. The number of hydrogen-bond acceptors (Lipinski definition) is 4. The standard InChI is InChI=1S/C21H24FN3O3/c22-17-9-5-4-8-16(17)20(28)24-12-10-19(27)25-21(11-13-23-14-18(21)26)15-6-2-1-3-7-15/h1-9,18,23,26H,10-14H2,(H,24,28)(H,25,27)/t18-,21+/m1/s1. The summed E-state index contributed by atoms with van der Waals surface area (Å²) in [6.07, 6.45) is -0.207. The number of rotatable bonds is 6. The Morgan fingerprint density at radius 3 is 2.57 bits per heavy atom. The van der Waals surface area contributed by atoms with E-state index < -0.39 is 23.4 Å². The highest BCUT2D eigenvalue weighted by Crippen LogP contribution is 2.31. The molecule has 0 spiro atoms. The SMILES string of the molecule is O=C(CCNC(=O)c1ccccc1F)N[C@]1(c2ccccc2)CCNC[C@H]1O. The highest BCUT2D eigenvalue weighted by molar-refractivity contribution is 5.94. The fourth-order valence-electron chi connectivity index (χ4n) is 3.50. The van der Waals surface area contributed by atoms with Crippen molar-refractivity contribution in [1.29, 1.82) is 0 Å². The summed E-state index contributed by atoms with van der Waals surface area (Å²) in [7, 11) is 0. The predicted octanol–water partition coefficient (Wildman–Crippen LogP) is 1.31. The van der Waals surface area contributed by atoms with Gasteiger partial charge in [-0.2, -0.15) is 0 Å². The van der Waals surface area contributed by atoms with Gasteiger partial charge >= 0.3 is 0 Å². The van der Waals surface area contributed by atoms with E-state index >= 15 is 0 Å². The van der Waals surface area contributed by atoms with Crippen LogP contribution in [0.2, 0.25) is 0 Å². The number of aliphatic hydroxyl groups excluding tert-OH is 1. The lowest BCUT2D eigenvalue weighted by Gasteiger charge is -2.43. The van der Waals surface area contributed by atoms with E-state index in [1.54, 1.807) is 6.07 Å². The third-order valence-electron chi connectivity index (χ3n) is 5.01. The quantitative estimate of drug-likeness (QED) is 0.604. The lowest BCUT2D eigenvalue weighted by atomic mass is 9.79. The molecule has 28 heavy (non-hydrogen) atoms. The molecule has 1 aliphatic rings. The molecule has 0 radical (unpaired) electrons. The van der Waals surface area contributed by atoms with Crippen LogP contribution >= 0.6 is 0 Å². The molecule has 2 amide bonds. The van der Waals surface area contributed by atoms with Gasteiger partial charge in [-0.05, 0) is 30.7 Å². The molecule has 0 saturated carbocycles. The number of carbonyl (C=O) groups is 2. The molecule has 4 N–H and O–H groups in total. The maximum Gasteiger partial charge on any atom is 0.254 e. The molecule has 0 bridgehead atoms. The van der Waals surface area contributed by atoms with E-state index in [0.29, 0.717) is 19.5 Å². The summed E-state index contributed by atoms with van der Waals surface area (Å²) in [6, 6.07) is 15.1. The van der Waals surface area contributed by atoms with Crippen molar-refractivity contribution < 1.29 is 19.1 Å². The number of carbonyl (C=O) groups excluding carboxylic acids is 2. The maximum absolute atomic E-state index is 13.6. The van der Waals surface area contributed by atoms with E-state index in [9.17, 15) is 19.1 Å². The predicted molar refractivity (Wildman–Crippen MR) is 103 cm³/mol. The molecule has 1 saturated heterocycles. The largest absolute Gasteiger partial charge is 0.389 e. The number of aliphatic hydroxyl groups is 1. The average molecular weight is 385 g/mol. The van der Waals surface area contributed by atoms with Gasteiger partial charge in [-0.1, -0.05) is 42.5 Å². The van der Waals surface area contributed by atoms with Gasteiger partial charge in [-0.15, -0.1) is 0 Å². The average Bonchev–Trinajstić information content (AvgIpc) is 2.70. The number of piperidine rings is 1. The molecule has 1 heterocycles. The van der Waals surface area contributed by atoms with Crippen LogP contribution in [-0.4, -0.2) is 42.7 Å². The van der Waals surface area contributed by atoms with Gasteiger partial charge in [-0.3, -0.25) is 9.59 Å². The van der Waals surface area contributed by atoms with E-state index in [1.165, 1.54) is 18.2 Å². The number of amides is 2. The van der Waals surface area contributed by atoms with E-state index in [-0.39, 0.29) is 24.4 Å². The van der Waals surface area contributed by atoms with Crippen molar-refractivity contribution in [3.05, 3.63) is 71.5 Å². The molecule has 0 unspecified atom stereocenters. The van der Waals surface area contributed by atoms with Gasteiger partial charge in [-0.25, -0.2) is 4.39 Å². The Morgan fingerprint density at radius 1 is 1.14 bits per heavy atom. The third-order valence-corrected chi connectivity index (χ3v) is 5.01. The number of nitrogens with one attached hydrogen (secondary N) is 3. The molecule has 1 fully saturated rings. The zero-order valence-corrected chi connectivity index (χ0v) is 15.5. The third kappa shape index (κ3) is 4.37. The van der Waals surface area contributed by atoms with E-state index in [4.69, 9.17) is 0 Å². The van der Waals surface area contributed by atoms with Crippen molar-refractivity contribution in [2.45, 2.75) is 24.5 Å². The number of benzene rings is 2. The lowest BCUT2D eigenvalue weighted by Crippen LogP contribution is -2.61. The van der Waals surface area contributed by atoms with Gasteiger partial charge in [0.2, 0.25) is 5.91 Å². The molecular formula is C21H24FN3O3. The van der Waals surface area contributed by atoms with Gasteiger partial charge in [0.15, 0.2) is 0 Å². The minimum absolute atomic E-state index is 0.0227. The van der Waals surface area contributed by atoms with Crippen LogP contribution < -0.4 is 16.0 Å². The van der Waals surface area contributed by atoms with Crippen molar-refractivity contribution in [1.82, 2.24) is 16.0 Å². The topological polar surface area (TPSA) is 90.5 Å². The summed E-state index contributed by atoms with van der Waals surface area (Å²) in [4.78, 5) is 24.6. The highest BCUT2D eigenvalue weighted by atomic mass is 19.1. The first-order valence-electron chi connectivity index (χ1n) is 9.31. The van der Waals surface area contributed by atoms with Gasteiger partial charge in [0.05, 0.1) is 17.2 Å². The molecule has 2 atom stereocenters. The molecule has 2 aromatic carbocycles. The minimum Gasteiger partial charge on any atom is -0.389 e. The Hall–Kier alpha value is -2.77. The molecule has 3 rings (SSSR count). The van der Waals surface area contributed by atoms with Crippen LogP contribution in [0.4, 0.5) is 4.39 Å². The Balaban J connectivity index is 1.62. The highest BCUT2D eigenvalue weighted by Gasteiger charge is 2.42. The van der Waals surface area contributed by atoms with Gasteiger partial charge < -0.3 is 21.1 Å². The van der Waals surface area contributed by atoms with E-state index in [0.717, 1.165) is 5.56 Å². The van der Waals surface area contributed by atoms with Gasteiger partial charge in [0.25, 0.3) is 5.91 Å². The normalized spacial score (nSPS) is 21.7. The van der Waals surface area contributed by atoms with Crippen molar-refractivity contribution in [3.8, 4) is 0 Å². The van der Waals surface area contributed by atoms with E-state index in [1.807, 2.05) is 30.3 Å². The molecule has 0 aromatic heterocycles. The molecule has 7 heteroatoms. The van der Waals surface area contributed by atoms with Crippen LogP contribution in [0.1, 0.15) is 28.8 Å². The minimum atomic E-state index is -0.876. The Bertz CT molecular complexity index is 831. The fraction of sp³-hybridized carbons (Fsp3) is 0.333. The summed E-state index contributed by atoms with van der Waals surface area (Å²) >= 11 is 0. The first kappa shape index (κ1) is 20.0. The zero-order valence-electron chi connectivity index (χ0n) is 15.5. The molecule has 6 nitrogen and oxygen atoms in total. The second kappa shape index (κ2) is 8.95. The van der Waals surface area contributed by atoms with Gasteiger partial charge in [0, 0.05) is 19.5 Å². The van der Waals surface area contributed by atoms with Crippen LogP contribution in [0.5, 0.6) is 0 Å². The number of hydrogen-bond donors (Lipinski definition) is 4. The molecule has 148 valence electrons. The van der Waals surface area contributed by atoms with Crippen LogP contribution in [0.15, 0.2) is 54.6 Å². The first-order valence-corrected chi connectivity index (χ1v) is 9.31. The van der Waals surface area contributed by atoms with Crippen LogP contribution in [0, 0.1) is 5.82 Å². The van der Waals surface area contributed by atoms with Crippen molar-refractivity contribution in [3.63, 3.8) is 0 Å². The summed E-state index contributed by atoms with van der Waals surface area (Å²) in [5.74, 6) is -1.46. The fourth-order valence-corrected chi connectivity index (χ4v) is 3.50. The van der Waals surface area contributed by atoms with Crippen LogP contribution in [0.3, 0.4) is 0 Å². The van der Waals surface area contributed by atoms with Crippen molar-refractivity contribution in [2.24, 2.45) is 0 Å². The second-order valence-corrected chi connectivity index (χ2v) is 6.84. The van der Waals surface area contributed by atoms with Gasteiger partial charge in [0.1, 0.15) is 5.82 Å². The number of β-amino-alcohol motifs (C(OH)–C–C–N with tert-alkyl or cyclic N) is 1. The summed E-state index contributed by atoms with van der Waals surface area (Å²) in [6.45, 7) is 1.10. The molecular weight excluding hydrogens is 361 g/mol. The monoisotopic (exact) mass is 385 g/mol. The number of halogens is 1.